The van der Waals surface area contributed by atoms with Crippen molar-refractivity contribution in [2.45, 2.75) is 0 Å². The Bertz CT molecular complexity index is 215. The van der Waals surface area contributed by atoms with E-state index in [1.807, 2.05) is 0 Å². The third kappa shape index (κ3) is 4560. The van der Waals surface area contributed by atoms with Gasteiger partial charge in [-0.3, -0.25) is 5.41 Å². The van der Waals surface area contributed by atoms with Gasteiger partial charge >= 0.3 is 69.2 Å². The van der Waals surface area contributed by atoms with Crippen LogP contribution in [0.4, 0.5) is 0 Å². The monoisotopic (exact) mass is 429 g/mol. The Kier molecular flexibility index (Phi) is 164. The second-order valence-corrected chi connectivity index (χ2v) is 3.14. The maximum absolute atomic E-state index is 8.55. The Morgan fingerprint density at radius 3 is 0.609 bits per heavy atom. The van der Waals surface area contributed by atoms with Gasteiger partial charge in [0.05, 0.1) is 0 Å². The summed E-state index contributed by atoms with van der Waals surface area (Å²) in [5.41, 5.74) is 8.94. The predicted molar refractivity (Wildman–Crippen MR) is 70.3 cm³/mol. The summed E-state index contributed by atoms with van der Waals surface area (Å²) in [7, 11) is -10.8. The summed E-state index contributed by atoms with van der Waals surface area (Å²) in [4.78, 5) is 51.3. The minimum Gasteiger partial charge on any atom is -0.822 e. The first-order chi connectivity index (χ1) is 5.73. The van der Waals surface area contributed by atoms with Crippen molar-refractivity contribution in [2.24, 2.45) is 11.5 Å². The first-order valence-corrected chi connectivity index (χ1v) is 5.21. The quantitative estimate of drug-likeness (QED) is 0.141. The van der Waals surface area contributed by atoms with E-state index in [2.05, 4.69) is 11.5 Å². The van der Waals surface area contributed by atoms with Gasteiger partial charge < -0.3 is 82.8 Å². The van der Waals surface area contributed by atoms with Crippen LogP contribution in [0.3, 0.4) is 0 Å². The number of nitrogens with one attached hydrogen (secondary N) is 1. The molecule has 0 fully saturated rings. The molecule has 17 N–H and O–H groups in total. The number of hydrogen-bond acceptors (Lipinski definition) is 9. The van der Waals surface area contributed by atoms with Gasteiger partial charge in [-0.25, -0.2) is 0 Å². The van der Waals surface area contributed by atoms with E-state index in [0.29, 0.717) is 0 Å². The predicted octanol–water partition coefficient (Wildman–Crippen LogP) is -12.9. The van der Waals surface area contributed by atoms with Crippen LogP contribution in [-0.2, 0) is 9.13 Å². The van der Waals surface area contributed by atoms with Crippen LogP contribution in [0.1, 0.15) is 0 Å². The third-order valence-electron chi connectivity index (χ3n) is 0. The number of nitrogens with two attached hydrogens (primary N) is 2. The molecule has 23 heavy (non-hydrogen) atoms. The maximum Gasteiger partial charge on any atom is 2.00 e. The summed E-state index contributed by atoms with van der Waals surface area (Å²) >= 11 is 0. The van der Waals surface area contributed by atoms with Crippen molar-refractivity contribution in [1.29, 1.82) is 5.41 Å². The van der Waals surface area contributed by atoms with Gasteiger partial charge in [-0.15, -0.1) is 0 Å². The van der Waals surface area contributed by atoms with Gasteiger partial charge in [0.1, 0.15) is 0 Å². The zero-order chi connectivity index (χ0) is 12.6. The van der Waals surface area contributed by atoms with Crippen molar-refractivity contribution in [3.8, 4) is 0 Å². The van der Waals surface area contributed by atoms with E-state index >= 15 is 0 Å². The molecule has 0 atom stereocenters. The van der Waals surface area contributed by atoms with Crippen LogP contribution in [-0.4, -0.2) is 108 Å². The van der Waals surface area contributed by atoms with Crippen molar-refractivity contribution >= 4 is 90.8 Å². The molecule has 0 saturated carbocycles. The Labute approximate surface area is 178 Å². The molecule has 136 valence electrons. The maximum atomic E-state index is 8.55. The fourth-order valence-electron chi connectivity index (χ4n) is 0. The van der Waals surface area contributed by atoms with Gasteiger partial charge in [0.2, 0.25) is 0 Å². The van der Waals surface area contributed by atoms with Crippen LogP contribution in [0, 0.1) is 5.41 Å². The molecule has 0 aliphatic heterocycles. The molecule has 0 aromatic rings. The number of hydrogen-bond donors (Lipinski definition) is 3. The molecular formula is CH17Mg3N3O14P2. The molecule has 0 aliphatic rings. The van der Waals surface area contributed by atoms with Gasteiger partial charge in [-0.1, -0.05) is 0 Å². The van der Waals surface area contributed by atoms with Crippen molar-refractivity contribution < 1.29 is 71.3 Å². The van der Waals surface area contributed by atoms with Crippen LogP contribution in [0.2, 0.25) is 0 Å². The molecule has 0 aromatic heterocycles. The van der Waals surface area contributed by atoms with Gasteiger partial charge in [-0.2, -0.15) is 15.6 Å². The molecule has 17 nitrogen and oxygen atoms in total. The molecule has 0 amide bonds. The molecule has 0 aliphatic carbocycles. The van der Waals surface area contributed by atoms with Crippen molar-refractivity contribution in [2.75, 3.05) is 0 Å². The van der Waals surface area contributed by atoms with Gasteiger partial charge in [-0.05, 0) is 0 Å². The molecule has 0 heterocycles. The Morgan fingerprint density at radius 1 is 0.609 bits per heavy atom. The second kappa shape index (κ2) is 43.7. The van der Waals surface area contributed by atoms with E-state index in [4.69, 9.17) is 43.9 Å². The molecule has 0 spiro atoms. The SMILES string of the molecule is N=C(N)N.O.O.O.O.O.O.O=P([O-])([O-])[O-].O=P([O-])([O-])[O-].[Mg+2].[Mg+2].[Mg+2]. The largest absolute Gasteiger partial charge is 2.00 e. The molecule has 22 heteroatoms. The number of guanidine groups is 1. The van der Waals surface area contributed by atoms with Crippen molar-refractivity contribution in [3.63, 3.8) is 0 Å². The van der Waals surface area contributed by atoms with Crippen LogP contribution >= 0.6 is 15.6 Å². The van der Waals surface area contributed by atoms with Gasteiger partial charge in [0.15, 0.2) is 5.96 Å². The Balaban J connectivity index is -0.00000000663. The normalized spacial score (nSPS) is 6.17. The fourth-order valence-corrected chi connectivity index (χ4v) is 0. The molecule has 0 rings (SSSR count). The van der Waals surface area contributed by atoms with Crippen molar-refractivity contribution in [3.05, 3.63) is 0 Å². The van der Waals surface area contributed by atoms with Crippen LogP contribution in [0.5, 0.6) is 0 Å². The summed E-state index contributed by atoms with van der Waals surface area (Å²) in [5.74, 6) is -0.333. The first-order valence-electron chi connectivity index (χ1n) is 2.29. The Hall–Kier alpha value is 1.55. The molecule has 0 bridgehead atoms. The van der Waals surface area contributed by atoms with Crippen LogP contribution in [0.25, 0.3) is 0 Å². The van der Waals surface area contributed by atoms with E-state index in [1.165, 1.54) is 0 Å². The standard InChI is InChI=1S/CH5N3.3Mg.2H3O4P.6H2O/c2-1(3)4;;;;2*1-5(2,3)4;;;;;;/h(H5,2,3,4);;;;2*(H3,1,2,3,4);6*1H2/q;3*+2;;;;;;;;/p-6. The molecular weight excluding hydrogens is 413 g/mol. The summed E-state index contributed by atoms with van der Waals surface area (Å²) in [6.45, 7) is 0. The van der Waals surface area contributed by atoms with Crippen molar-refractivity contribution in [1.82, 2.24) is 0 Å². The first kappa shape index (κ1) is 86.4. The molecule has 0 aromatic carbocycles. The van der Waals surface area contributed by atoms with E-state index in [1.54, 1.807) is 0 Å². The van der Waals surface area contributed by atoms with E-state index in [9.17, 15) is 0 Å². The number of phosphoric acid groups is 2. The van der Waals surface area contributed by atoms with E-state index in [0.717, 1.165) is 0 Å². The van der Waals surface area contributed by atoms with Gasteiger partial charge in [0, 0.05) is 0 Å². The second-order valence-electron chi connectivity index (χ2n) is 1.35. The van der Waals surface area contributed by atoms with E-state index in [-0.39, 0.29) is 108 Å². The average Bonchev–Trinajstić information content (AvgIpc) is 1.45. The summed E-state index contributed by atoms with van der Waals surface area (Å²) in [6, 6.07) is 0. The van der Waals surface area contributed by atoms with Gasteiger partial charge in [0.25, 0.3) is 0 Å². The zero-order valence-electron chi connectivity index (χ0n) is 11.4. The summed E-state index contributed by atoms with van der Waals surface area (Å²) in [6.07, 6.45) is 0. The van der Waals surface area contributed by atoms with Crippen LogP contribution < -0.4 is 40.8 Å². The summed E-state index contributed by atoms with van der Waals surface area (Å²) in [5, 5.41) is 6.06. The molecule has 0 unspecified atom stereocenters. The van der Waals surface area contributed by atoms with Crippen LogP contribution in [0.15, 0.2) is 0 Å². The summed E-state index contributed by atoms with van der Waals surface area (Å²) < 4.78 is 17.1. The fraction of sp³-hybridized carbons (Fsp3) is 0. The minimum absolute atomic E-state index is 0. The molecule has 0 saturated heterocycles. The Morgan fingerprint density at radius 2 is 0.609 bits per heavy atom. The topological polar surface area (TPSA) is 437 Å². The smallest absolute Gasteiger partial charge is 0.822 e. The number of rotatable bonds is 0. The van der Waals surface area contributed by atoms with E-state index < -0.39 is 15.6 Å². The zero-order valence-corrected chi connectivity index (χ0v) is 17.5. The average molecular weight is 430 g/mol. The third-order valence-corrected chi connectivity index (χ3v) is 0. The minimum atomic E-state index is -5.39. The molecule has 0 radical (unpaired) electrons.